The van der Waals surface area contributed by atoms with E-state index in [1.165, 1.54) is 7.11 Å². The van der Waals surface area contributed by atoms with Crippen molar-refractivity contribution in [2.24, 2.45) is 0 Å². The van der Waals surface area contributed by atoms with Gasteiger partial charge >= 0.3 is 5.97 Å². The lowest BCUT2D eigenvalue weighted by molar-refractivity contribution is -0.141. The highest BCUT2D eigenvalue weighted by molar-refractivity contribution is 5.94. The predicted octanol–water partition coefficient (Wildman–Crippen LogP) is 2.56. The van der Waals surface area contributed by atoms with Crippen molar-refractivity contribution in [3.63, 3.8) is 0 Å². The molecule has 1 aromatic heterocycles. The van der Waals surface area contributed by atoms with E-state index in [1.54, 1.807) is 0 Å². The van der Waals surface area contributed by atoms with Gasteiger partial charge in [0, 0.05) is 6.54 Å². The number of nitrogens with one attached hydrogen (secondary N) is 1. The Hall–Kier alpha value is -2.63. The first-order valence-corrected chi connectivity index (χ1v) is 8.58. The summed E-state index contributed by atoms with van der Waals surface area (Å²) in [4.78, 5) is 29.1. The number of amides is 1. The van der Waals surface area contributed by atoms with Gasteiger partial charge in [0.25, 0.3) is 5.91 Å². The maximum atomic E-state index is 12.8. The Morgan fingerprint density at radius 1 is 1.28 bits per heavy atom. The van der Waals surface area contributed by atoms with Crippen molar-refractivity contribution in [3.8, 4) is 0 Å². The molecule has 6 nitrogen and oxygen atoms in total. The highest BCUT2D eigenvalue weighted by atomic mass is 16.5. The lowest BCUT2D eigenvalue weighted by Crippen LogP contribution is -2.31. The number of hydrogen-bond donors (Lipinski definition) is 1. The normalized spacial score (nSPS) is 14.5. The molecule has 1 N–H and O–H groups in total. The standard InChI is InChI=1S/C19H23N3O3/c1-13-20-18(16-10-6-7-11-22(13)16)19(24)21-15(12-17(23)25-2)14-8-4-3-5-9-14/h3-5,8-9,15H,6-7,10-12H2,1-2H3,(H,21,24)/t15-/m0/s1. The monoisotopic (exact) mass is 341 g/mol. The predicted molar refractivity (Wildman–Crippen MR) is 93.2 cm³/mol. The molecule has 25 heavy (non-hydrogen) atoms. The summed E-state index contributed by atoms with van der Waals surface area (Å²) in [6, 6.07) is 9.00. The lowest BCUT2D eigenvalue weighted by atomic mass is 10.0. The van der Waals surface area contributed by atoms with Crippen molar-refractivity contribution in [2.75, 3.05) is 7.11 Å². The minimum Gasteiger partial charge on any atom is -0.469 e. The van der Waals surface area contributed by atoms with Gasteiger partial charge in [-0.05, 0) is 31.7 Å². The Labute approximate surface area is 147 Å². The van der Waals surface area contributed by atoms with Crippen LogP contribution < -0.4 is 5.32 Å². The van der Waals surface area contributed by atoms with Gasteiger partial charge in [-0.2, -0.15) is 0 Å². The third-order valence-electron chi connectivity index (χ3n) is 4.63. The summed E-state index contributed by atoms with van der Waals surface area (Å²) in [5, 5.41) is 2.96. The highest BCUT2D eigenvalue weighted by Gasteiger charge is 2.26. The van der Waals surface area contributed by atoms with E-state index < -0.39 is 6.04 Å². The summed E-state index contributed by atoms with van der Waals surface area (Å²) in [6.07, 6.45) is 3.12. The van der Waals surface area contributed by atoms with Gasteiger partial charge in [0.05, 0.1) is 25.3 Å². The zero-order chi connectivity index (χ0) is 17.8. The number of hydrogen-bond acceptors (Lipinski definition) is 4. The van der Waals surface area contributed by atoms with E-state index in [0.29, 0.717) is 5.69 Å². The van der Waals surface area contributed by atoms with Crippen molar-refractivity contribution in [3.05, 3.63) is 53.1 Å². The van der Waals surface area contributed by atoms with Crippen molar-refractivity contribution in [1.29, 1.82) is 0 Å². The van der Waals surface area contributed by atoms with Crippen LogP contribution in [-0.4, -0.2) is 28.5 Å². The average molecular weight is 341 g/mol. The molecule has 0 fully saturated rings. The lowest BCUT2D eigenvalue weighted by Gasteiger charge is -2.19. The maximum absolute atomic E-state index is 12.8. The Balaban J connectivity index is 1.84. The van der Waals surface area contributed by atoms with Crippen molar-refractivity contribution >= 4 is 11.9 Å². The molecular weight excluding hydrogens is 318 g/mol. The molecule has 0 saturated heterocycles. The summed E-state index contributed by atoms with van der Waals surface area (Å²) in [5.74, 6) is 0.262. The molecule has 1 aliphatic heterocycles. The topological polar surface area (TPSA) is 73.2 Å². The second kappa shape index (κ2) is 7.51. The fraction of sp³-hybridized carbons (Fsp3) is 0.421. The molecule has 0 saturated carbocycles. The molecule has 0 radical (unpaired) electrons. The van der Waals surface area contributed by atoms with Gasteiger partial charge in [0.2, 0.25) is 0 Å². The van der Waals surface area contributed by atoms with E-state index in [1.807, 2.05) is 37.3 Å². The summed E-state index contributed by atoms with van der Waals surface area (Å²) < 4.78 is 6.90. The van der Waals surface area contributed by atoms with Crippen LogP contribution in [0.15, 0.2) is 30.3 Å². The van der Waals surface area contributed by atoms with Gasteiger partial charge in [-0.15, -0.1) is 0 Å². The molecule has 0 bridgehead atoms. The third-order valence-corrected chi connectivity index (χ3v) is 4.63. The van der Waals surface area contributed by atoms with E-state index in [4.69, 9.17) is 4.74 Å². The van der Waals surface area contributed by atoms with Crippen LogP contribution in [0.5, 0.6) is 0 Å². The first kappa shape index (κ1) is 17.2. The number of ether oxygens (including phenoxy) is 1. The number of esters is 1. The van der Waals surface area contributed by atoms with Crippen molar-refractivity contribution in [1.82, 2.24) is 14.9 Å². The molecule has 132 valence electrons. The number of imidazole rings is 1. The molecule has 2 heterocycles. The van der Waals surface area contributed by atoms with Gasteiger partial charge in [-0.25, -0.2) is 4.98 Å². The van der Waals surface area contributed by atoms with Crippen molar-refractivity contribution in [2.45, 2.75) is 45.2 Å². The van der Waals surface area contributed by atoms with Gasteiger partial charge in [0.1, 0.15) is 11.5 Å². The second-order valence-corrected chi connectivity index (χ2v) is 6.28. The molecule has 0 spiro atoms. The molecular formula is C19H23N3O3. The Kier molecular flexibility index (Phi) is 5.16. The average Bonchev–Trinajstić information content (AvgIpc) is 2.99. The SMILES string of the molecule is COC(=O)C[C@H](NC(=O)c1nc(C)n2c1CCCC2)c1ccccc1. The molecule has 3 rings (SSSR count). The van der Waals surface area contributed by atoms with E-state index >= 15 is 0 Å². The number of fused-ring (bicyclic) bond motifs is 1. The molecule has 0 unspecified atom stereocenters. The number of methoxy groups -OCH3 is 1. The van der Waals surface area contributed by atoms with Gasteiger partial charge < -0.3 is 14.6 Å². The number of carbonyl (C=O) groups is 2. The summed E-state index contributed by atoms with van der Waals surface area (Å²) in [7, 11) is 1.35. The molecule has 1 aliphatic rings. The van der Waals surface area contributed by atoms with Crippen LogP contribution in [0.1, 0.15) is 52.9 Å². The van der Waals surface area contributed by atoms with Crippen LogP contribution in [0.2, 0.25) is 0 Å². The molecule has 2 aromatic rings. The van der Waals surface area contributed by atoms with Crippen molar-refractivity contribution < 1.29 is 14.3 Å². The molecule has 1 aromatic carbocycles. The molecule has 6 heteroatoms. The smallest absolute Gasteiger partial charge is 0.307 e. The van der Waals surface area contributed by atoms with Crippen LogP contribution >= 0.6 is 0 Å². The quantitative estimate of drug-likeness (QED) is 0.848. The summed E-state index contributed by atoms with van der Waals surface area (Å²) in [5.41, 5.74) is 2.33. The van der Waals surface area contributed by atoms with Crippen LogP contribution in [0.25, 0.3) is 0 Å². The maximum Gasteiger partial charge on any atom is 0.307 e. The molecule has 0 aliphatic carbocycles. The zero-order valence-corrected chi connectivity index (χ0v) is 14.6. The Morgan fingerprint density at radius 2 is 2.04 bits per heavy atom. The van der Waals surface area contributed by atoms with Crippen LogP contribution in [-0.2, 0) is 22.5 Å². The fourth-order valence-electron chi connectivity index (χ4n) is 3.32. The van der Waals surface area contributed by atoms with Crippen LogP contribution in [0.3, 0.4) is 0 Å². The summed E-state index contributed by atoms with van der Waals surface area (Å²) >= 11 is 0. The number of aryl methyl sites for hydroxylation is 1. The Morgan fingerprint density at radius 3 is 2.76 bits per heavy atom. The molecule has 1 atom stereocenters. The number of carbonyl (C=O) groups excluding carboxylic acids is 2. The van der Waals surface area contributed by atoms with E-state index in [2.05, 4.69) is 14.9 Å². The zero-order valence-electron chi connectivity index (χ0n) is 14.6. The van der Waals surface area contributed by atoms with E-state index in [9.17, 15) is 9.59 Å². The first-order valence-electron chi connectivity index (χ1n) is 8.58. The highest BCUT2D eigenvalue weighted by Crippen LogP contribution is 2.23. The van der Waals surface area contributed by atoms with Gasteiger partial charge in [-0.1, -0.05) is 30.3 Å². The number of benzene rings is 1. The third kappa shape index (κ3) is 3.73. The second-order valence-electron chi connectivity index (χ2n) is 6.28. The fourth-order valence-corrected chi connectivity index (χ4v) is 3.32. The van der Waals surface area contributed by atoms with Crippen LogP contribution in [0.4, 0.5) is 0 Å². The van der Waals surface area contributed by atoms with Crippen LogP contribution in [0, 0.1) is 6.92 Å². The minimum atomic E-state index is -0.442. The summed E-state index contributed by atoms with van der Waals surface area (Å²) in [6.45, 7) is 2.83. The van der Waals surface area contributed by atoms with E-state index in [-0.39, 0.29) is 18.3 Å². The van der Waals surface area contributed by atoms with Gasteiger partial charge in [0.15, 0.2) is 0 Å². The first-order chi connectivity index (χ1) is 12.1. The van der Waals surface area contributed by atoms with Gasteiger partial charge in [-0.3, -0.25) is 9.59 Å². The number of rotatable bonds is 5. The number of nitrogens with zero attached hydrogens (tertiary/aromatic N) is 2. The number of aromatic nitrogens is 2. The minimum absolute atomic E-state index is 0.0846. The largest absolute Gasteiger partial charge is 0.469 e. The Bertz CT molecular complexity index is 768. The molecule has 1 amide bonds. The van der Waals surface area contributed by atoms with E-state index in [0.717, 1.165) is 42.9 Å².